The van der Waals surface area contributed by atoms with E-state index in [4.69, 9.17) is 9.47 Å². The second-order valence-electron chi connectivity index (χ2n) is 3.51. The van der Waals surface area contributed by atoms with Gasteiger partial charge in [-0.15, -0.1) is 0 Å². The van der Waals surface area contributed by atoms with Gasteiger partial charge >= 0.3 is 0 Å². The van der Waals surface area contributed by atoms with Crippen molar-refractivity contribution in [1.82, 2.24) is 0 Å². The third kappa shape index (κ3) is 1.95. The summed E-state index contributed by atoms with van der Waals surface area (Å²) in [5.41, 5.74) is 2.19. The quantitative estimate of drug-likeness (QED) is 0.734. The van der Waals surface area contributed by atoms with E-state index in [0.29, 0.717) is 13.2 Å². The fraction of sp³-hybridized carbons (Fsp3) is 0.455. The molecule has 1 N–H and O–H groups in total. The van der Waals surface area contributed by atoms with Gasteiger partial charge in [0.1, 0.15) is 6.10 Å². The Morgan fingerprint density at radius 1 is 1.21 bits per heavy atom. The average molecular weight is 194 g/mol. The molecule has 76 valence electrons. The van der Waals surface area contributed by atoms with Crippen molar-refractivity contribution in [1.29, 1.82) is 0 Å². The van der Waals surface area contributed by atoms with E-state index >= 15 is 0 Å². The van der Waals surface area contributed by atoms with Crippen LogP contribution < -0.4 is 0 Å². The van der Waals surface area contributed by atoms with Crippen molar-refractivity contribution in [2.45, 2.75) is 19.3 Å². The van der Waals surface area contributed by atoms with Crippen LogP contribution >= 0.6 is 0 Å². The van der Waals surface area contributed by atoms with Gasteiger partial charge in [0.25, 0.3) is 0 Å². The largest absolute Gasteiger partial charge is 0.388 e. The summed E-state index contributed by atoms with van der Waals surface area (Å²) >= 11 is 0. The first-order valence-corrected chi connectivity index (χ1v) is 4.74. The summed E-state index contributed by atoms with van der Waals surface area (Å²) in [7, 11) is 0. The highest BCUT2D eigenvalue weighted by molar-refractivity contribution is 5.26. The lowest BCUT2D eigenvalue weighted by molar-refractivity contribution is -0.220. The molecule has 1 aliphatic heterocycles. The molecule has 0 bridgehead atoms. The molecule has 1 aliphatic rings. The van der Waals surface area contributed by atoms with Gasteiger partial charge in [-0.2, -0.15) is 0 Å². The summed E-state index contributed by atoms with van der Waals surface area (Å²) < 4.78 is 10.8. The number of ether oxygens (including phenoxy) is 2. The van der Waals surface area contributed by atoms with Crippen LogP contribution in [0.2, 0.25) is 0 Å². The Kier molecular flexibility index (Phi) is 2.82. The normalized spacial score (nSPS) is 27.6. The second kappa shape index (κ2) is 4.09. The highest BCUT2D eigenvalue weighted by Gasteiger charge is 2.22. The number of aliphatic hydroxyl groups excluding tert-OH is 1. The number of benzene rings is 1. The van der Waals surface area contributed by atoms with E-state index in [2.05, 4.69) is 0 Å². The minimum absolute atomic E-state index is 0.320. The smallest absolute Gasteiger partial charge is 0.184 e. The number of aryl methyl sites for hydroxylation is 1. The van der Waals surface area contributed by atoms with Gasteiger partial charge in [0.2, 0.25) is 0 Å². The highest BCUT2D eigenvalue weighted by atomic mass is 16.7. The Labute approximate surface area is 83.3 Å². The first-order chi connectivity index (χ1) is 6.77. The Hall–Kier alpha value is -0.900. The van der Waals surface area contributed by atoms with E-state index in [-0.39, 0.29) is 6.29 Å². The predicted octanol–water partition coefficient (Wildman–Crippen LogP) is 1.40. The Balaban J connectivity index is 2.12. The SMILES string of the molecule is Cc1ccccc1C1OCC(O)CO1. The van der Waals surface area contributed by atoms with Gasteiger partial charge in [-0.3, -0.25) is 0 Å². The molecule has 0 amide bonds. The molecule has 3 nitrogen and oxygen atoms in total. The summed E-state index contributed by atoms with van der Waals surface area (Å²) in [6.45, 7) is 2.71. The fourth-order valence-corrected chi connectivity index (χ4v) is 1.52. The van der Waals surface area contributed by atoms with Crippen LogP contribution in [0.5, 0.6) is 0 Å². The van der Waals surface area contributed by atoms with Crippen molar-refractivity contribution < 1.29 is 14.6 Å². The summed E-state index contributed by atoms with van der Waals surface area (Å²) in [5, 5.41) is 9.19. The molecule has 0 spiro atoms. The topological polar surface area (TPSA) is 38.7 Å². The lowest BCUT2D eigenvalue weighted by Crippen LogP contribution is -2.31. The first-order valence-electron chi connectivity index (χ1n) is 4.74. The summed E-state index contributed by atoms with van der Waals surface area (Å²) in [5.74, 6) is 0. The molecule has 1 aromatic rings. The molecule has 0 atom stereocenters. The maximum absolute atomic E-state index is 9.19. The van der Waals surface area contributed by atoms with Crippen LogP contribution in [0.15, 0.2) is 24.3 Å². The Morgan fingerprint density at radius 2 is 1.86 bits per heavy atom. The van der Waals surface area contributed by atoms with Crippen LogP contribution in [0.3, 0.4) is 0 Å². The molecule has 1 heterocycles. The average Bonchev–Trinajstić information content (AvgIpc) is 2.20. The molecular weight excluding hydrogens is 180 g/mol. The molecule has 1 aromatic carbocycles. The minimum Gasteiger partial charge on any atom is -0.388 e. The van der Waals surface area contributed by atoms with E-state index in [1.807, 2.05) is 31.2 Å². The van der Waals surface area contributed by atoms with Crippen LogP contribution in [-0.4, -0.2) is 24.4 Å². The zero-order chi connectivity index (χ0) is 9.97. The van der Waals surface area contributed by atoms with Crippen LogP contribution in [0, 0.1) is 6.92 Å². The summed E-state index contributed by atoms with van der Waals surface area (Å²) in [4.78, 5) is 0. The van der Waals surface area contributed by atoms with E-state index in [9.17, 15) is 5.11 Å². The predicted molar refractivity (Wildman–Crippen MR) is 51.8 cm³/mol. The van der Waals surface area contributed by atoms with Crippen LogP contribution in [0.1, 0.15) is 17.4 Å². The number of hydrogen-bond donors (Lipinski definition) is 1. The van der Waals surface area contributed by atoms with Gasteiger partial charge in [-0.05, 0) is 12.5 Å². The van der Waals surface area contributed by atoms with Crippen molar-refractivity contribution >= 4 is 0 Å². The van der Waals surface area contributed by atoms with E-state index in [1.165, 1.54) is 0 Å². The van der Waals surface area contributed by atoms with Gasteiger partial charge in [-0.25, -0.2) is 0 Å². The maximum Gasteiger partial charge on any atom is 0.184 e. The van der Waals surface area contributed by atoms with E-state index < -0.39 is 6.10 Å². The minimum atomic E-state index is -0.490. The zero-order valence-corrected chi connectivity index (χ0v) is 8.14. The maximum atomic E-state index is 9.19. The number of aliphatic hydroxyl groups is 1. The van der Waals surface area contributed by atoms with E-state index in [0.717, 1.165) is 11.1 Å². The van der Waals surface area contributed by atoms with Gasteiger partial charge in [0.15, 0.2) is 6.29 Å². The third-order valence-electron chi connectivity index (χ3n) is 2.32. The van der Waals surface area contributed by atoms with Gasteiger partial charge in [-0.1, -0.05) is 24.3 Å². The Morgan fingerprint density at radius 3 is 2.50 bits per heavy atom. The van der Waals surface area contributed by atoms with Crippen molar-refractivity contribution in [2.24, 2.45) is 0 Å². The van der Waals surface area contributed by atoms with Crippen LogP contribution in [0.25, 0.3) is 0 Å². The molecule has 0 radical (unpaired) electrons. The molecule has 0 aliphatic carbocycles. The van der Waals surface area contributed by atoms with Gasteiger partial charge in [0, 0.05) is 5.56 Å². The molecule has 0 aromatic heterocycles. The summed E-state index contributed by atoms with van der Waals surface area (Å²) in [6, 6.07) is 7.95. The molecule has 0 saturated carbocycles. The van der Waals surface area contributed by atoms with Gasteiger partial charge in [0.05, 0.1) is 13.2 Å². The standard InChI is InChI=1S/C11H14O3/c1-8-4-2-3-5-10(8)11-13-6-9(12)7-14-11/h2-5,9,11-12H,6-7H2,1H3. The van der Waals surface area contributed by atoms with Gasteiger partial charge < -0.3 is 14.6 Å². The monoisotopic (exact) mass is 194 g/mol. The van der Waals surface area contributed by atoms with Crippen molar-refractivity contribution in [2.75, 3.05) is 13.2 Å². The molecule has 1 saturated heterocycles. The number of rotatable bonds is 1. The van der Waals surface area contributed by atoms with E-state index in [1.54, 1.807) is 0 Å². The van der Waals surface area contributed by atoms with Crippen LogP contribution in [-0.2, 0) is 9.47 Å². The van der Waals surface area contributed by atoms with Crippen molar-refractivity contribution in [3.8, 4) is 0 Å². The second-order valence-corrected chi connectivity index (χ2v) is 3.51. The molecule has 1 fully saturated rings. The molecule has 2 rings (SSSR count). The zero-order valence-electron chi connectivity index (χ0n) is 8.14. The van der Waals surface area contributed by atoms with Crippen molar-refractivity contribution in [3.63, 3.8) is 0 Å². The lowest BCUT2D eigenvalue weighted by atomic mass is 10.1. The molecule has 14 heavy (non-hydrogen) atoms. The molecular formula is C11H14O3. The first kappa shape index (κ1) is 9.65. The highest BCUT2D eigenvalue weighted by Crippen LogP contribution is 2.25. The van der Waals surface area contributed by atoms with Crippen LogP contribution in [0.4, 0.5) is 0 Å². The Bertz CT molecular complexity index is 303. The lowest BCUT2D eigenvalue weighted by Gasteiger charge is -2.27. The third-order valence-corrected chi connectivity index (χ3v) is 2.32. The molecule has 0 unspecified atom stereocenters. The fourth-order valence-electron chi connectivity index (χ4n) is 1.52. The summed E-state index contributed by atoms with van der Waals surface area (Å²) in [6.07, 6.45) is -0.810. The number of hydrogen-bond acceptors (Lipinski definition) is 3. The molecule has 3 heteroatoms. The van der Waals surface area contributed by atoms with Crippen molar-refractivity contribution in [3.05, 3.63) is 35.4 Å².